The summed E-state index contributed by atoms with van der Waals surface area (Å²) < 4.78 is 13.2. The van der Waals surface area contributed by atoms with Crippen molar-refractivity contribution >= 4 is 13.8 Å². The number of esters is 1. The summed E-state index contributed by atoms with van der Waals surface area (Å²) >= 11 is 0. The Hall–Kier alpha value is 0.956. The first kappa shape index (κ1) is 19.5. The Balaban J connectivity index is -0.000000150. The van der Waals surface area contributed by atoms with E-state index in [4.69, 9.17) is 19.2 Å². The van der Waals surface area contributed by atoms with Crippen LogP contribution in [0.2, 0.25) is 0 Å². The molecule has 6 nitrogen and oxygen atoms in total. The number of phosphoric acid groups is 1. The first-order chi connectivity index (χ1) is 5.31. The van der Waals surface area contributed by atoms with E-state index in [-0.39, 0.29) is 58.0 Å². The Kier molecular flexibility index (Phi) is 16.6. The molecule has 0 heterocycles. The van der Waals surface area contributed by atoms with Gasteiger partial charge in [0.15, 0.2) is 0 Å². The first-order valence-electron chi connectivity index (χ1n) is 2.68. The van der Waals surface area contributed by atoms with Gasteiger partial charge in [0.1, 0.15) is 0 Å². The molecule has 0 fully saturated rings. The summed E-state index contributed by atoms with van der Waals surface area (Å²) in [5.41, 5.74) is 0. The van der Waals surface area contributed by atoms with Crippen LogP contribution < -0.4 is 51.4 Å². The second-order valence-electron chi connectivity index (χ2n) is 1.38. The standard InChI is InChI=1S/C5H7O2.K.H3O4P/c1-3-5(6)7-4-2;;1-5(2,3)4/h3H,1-2,4H2;;(H3,1,2,3,4)/q-1;+1;. The van der Waals surface area contributed by atoms with E-state index in [1.54, 1.807) is 0 Å². The molecule has 72 valence electrons. The van der Waals surface area contributed by atoms with Crippen LogP contribution >= 0.6 is 7.82 Å². The molecular formula is C5H10KO6P. The van der Waals surface area contributed by atoms with Crippen molar-refractivity contribution in [2.24, 2.45) is 0 Å². The Labute approximate surface area is 119 Å². The topological polar surface area (TPSA) is 104 Å². The van der Waals surface area contributed by atoms with Gasteiger partial charge in [-0.3, -0.25) is 0 Å². The minimum absolute atomic E-state index is 0. The van der Waals surface area contributed by atoms with Gasteiger partial charge in [-0.2, -0.15) is 0 Å². The minimum atomic E-state index is -4.64. The van der Waals surface area contributed by atoms with E-state index in [1.165, 1.54) is 0 Å². The van der Waals surface area contributed by atoms with Crippen LogP contribution in [0.1, 0.15) is 0 Å². The third-order valence-electron chi connectivity index (χ3n) is 0.411. The van der Waals surface area contributed by atoms with Crippen LogP contribution in [-0.4, -0.2) is 27.3 Å². The number of hydrogen-bond donors (Lipinski definition) is 3. The first-order valence-corrected chi connectivity index (χ1v) is 4.24. The van der Waals surface area contributed by atoms with E-state index in [0.29, 0.717) is 0 Å². The van der Waals surface area contributed by atoms with Crippen molar-refractivity contribution in [3.63, 3.8) is 0 Å². The number of hydrogen-bond acceptors (Lipinski definition) is 3. The summed E-state index contributed by atoms with van der Waals surface area (Å²) in [6, 6.07) is 0. The van der Waals surface area contributed by atoms with Gasteiger partial charge >= 0.3 is 65.2 Å². The molecule has 0 amide bonds. The van der Waals surface area contributed by atoms with E-state index in [9.17, 15) is 4.79 Å². The smallest absolute Gasteiger partial charge is 0.496 e. The second-order valence-corrected chi connectivity index (χ2v) is 2.41. The van der Waals surface area contributed by atoms with Gasteiger partial charge in [0, 0.05) is 6.08 Å². The van der Waals surface area contributed by atoms with E-state index in [1.807, 2.05) is 0 Å². The van der Waals surface area contributed by atoms with Crippen molar-refractivity contribution < 1.29 is 80.2 Å². The molecule has 13 heavy (non-hydrogen) atoms. The Bertz CT molecular complexity index is 179. The molecule has 8 heteroatoms. The van der Waals surface area contributed by atoms with Gasteiger partial charge in [-0.1, -0.05) is 6.58 Å². The van der Waals surface area contributed by atoms with Crippen LogP contribution in [0.3, 0.4) is 0 Å². The fraction of sp³-hybridized carbons (Fsp3) is 0.200. The minimum Gasteiger partial charge on any atom is -0.496 e. The molecule has 3 N–H and O–H groups in total. The van der Waals surface area contributed by atoms with E-state index in [2.05, 4.69) is 18.2 Å². The third kappa shape index (κ3) is 43.8. The van der Waals surface area contributed by atoms with Crippen molar-refractivity contribution in [3.8, 4) is 0 Å². The van der Waals surface area contributed by atoms with Crippen molar-refractivity contribution in [1.29, 1.82) is 0 Å². The molecule has 0 aliphatic rings. The summed E-state index contributed by atoms with van der Waals surface area (Å²) in [6.45, 7) is 6.63. The fourth-order valence-electron chi connectivity index (χ4n) is 0.160. The number of carbonyl (C=O) groups excluding carboxylic acids is 1. The maximum Gasteiger partial charge on any atom is 1.00 e. The number of carbonyl (C=O) groups is 1. The molecule has 0 saturated heterocycles. The Morgan fingerprint density at radius 3 is 1.92 bits per heavy atom. The van der Waals surface area contributed by atoms with Crippen molar-refractivity contribution in [1.82, 2.24) is 0 Å². The summed E-state index contributed by atoms with van der Waals surface area (Å²) in [6.07, 6.45) is 1.10. The quantitative estimate of drug-likeness (QED) is 0.152. The molecule has 0 saturated carbocycles. The predicted octanol–water partition coefficient (Wildman–Crippen LogP) is -3.37. The molecule has 0 aromatic rings. The van der Waals surface area contributed by atoms with Crippen molar-refractivity contribution in [3.05, 3.63) is 19.6 Å². The molecule has 0 radical (unpaired) electrons. The van der Waals surface area contributed by atoms with Crippen LogP contribution in [0.25, 0.3) is 0 Å². The number of ether oxygens (including phenoxy) is 1. The van der Waals surface area contributed by atoms with Gasteiger partial charge in [0.2, 0.25) is 0 Å². The molecule has 0 aromatic carbocycles. The average Bonchev–Trinajstić information content (AvgIpc) is 1.85. The molecule has 0 bridgehead atoms. The molecule has 0 aliphatic carbocycles. The van der Waals surface area contributed by atoms with Crippen LogP contribution in [0.5, 0.6) is 0 Å². The van der Waals surface area contributed by atoms with Crippen LogP contribution in [0.15, 0.2) is 12.7 Å². The number of rotatable bonds is 2. The SMILES string of the molecule is C=CC(=O)OC[CH2-].O=P(O)(O)O.[K+]. The zero-order valence-electron chi connectivity index (χ0n) is 7.21. The Morgan fingerprint density at radius 1 is 1.54 bits per heavy atom. The summed E-state index contributed by atoms with van der Waals surface area (Å²) in [4.78, 5) is 31.6. The van der Waals surface area contributed by atoms with Gasteiger partial charge in [-0.05, 0) is 6.61 Å². The molecular weight excluding hydrogens is 226 g/mol. The monoisotopic (exact) mass is 236 g/mol. The molecule has 0 rings (SSSR count). The fourth-order valence-corrected chi connectivity index (χ4v) is 0.160. The van der Waals surface area contributed by atoms with E-state index >= 15 is 0 Å². The van der Waals surface area contributed by atoms with E-state index in [0.717, 1.165) is 6.08 Å². The molecule has 0 unspecified atom stereocenters. The largest absolute Gasteiger partial charge is 1.00 e. The normalized spacial score (nSPS) is 8.62. The molecule has 0 aliphatic heterocycles. The molecule has 0 aromatic heterocycles. The van der Waals surface area contributed by atoms with Gasteiger partial charge in [-0.25, -0.2) is 9.36 Å². The Morgan fingerprint density at radius 2 is 1.85 bits per heavy atom. The second kappa shape index (κ2) is 11.0. The zero-order chi connectivity index (χ0) is 10.2. The molecule has 0 spiro atoms. The van der Waals surface area contributed by atoms with Crippen molar-refractivity contribution in [2.75, 3.05) is 6.61 Å². The maximum absolute atomic E-state index is 10.0. The summed E-state index contributed by atoms with van der Waals surface area (Å²) in [5.74, 6) is -0.421. The van der Waals surface area contributed by atoms with Crippen molar-refractivity contribution in [2.45, 2.75) is 0 Å². The van der Waals surface area contributed by atoms with Crippen LogP contribution in [-0.2, 0) is 14.1 Å². The molecule has 0 atom stereocenters. The van der Waals surface area contributed by atoms with Gasteiger partial charge in [-0.15, -0.1) is 0 Å². The van der Waals surface area contributed by atoms with Gasteiger partial charge in [0.25, 0.3) is 0 Å². The summed E-state index contributed by atoms with van der Waals surface area (Å²) in [7, 11) is -4.64. The summed E-state index contributed by atoms with van der Waals surface area (Å²) in [5, 5.41) is 0. The van der Waals surface area contributed by atoms with Crippen LogP contribution in [0.4, 0.5) is 0 Å². The predicted molar refractivity (Wildman–Crippen MR) is 40.8 cm³/mol. The zero-order valence-corrected chi connectivity index (χ0v) is 11.2. The van der Waals surface area contributed by atoms with Crippen LogP contribution in [0, 0.1) is 6.92 Å². The average molecular weight is 236 g/mol. The third-order valence-corrected chi connectivity index (χ3v) is 0.411. The van der Waals surface area contributed by atoms with Gasteiger partial charge < -0.3 is 26.3 Å². The maximum atomic E-state index is 10.0. The van der Waals surface area contributed by atoms with Gasteiger partial charge in [0.05, 0.1) is 0 Å². The van der Waals surface area contributed by atoms with E-state index < -0.39 is 13.8 Å².